The Morgan fingerprint density at radius 1 is 1.60 bits per heavy atom. The Morgan fingerprint density at radius 2 is 2.40 bits per heavy atom. The fourth-order valence-electron chi connectivity index (χ4n) is 2.39. The molecule has 1 aliphatic heterocycles. The summed E-state index contributed by atoms with van der Waals surface area (Å²) in [5.41, 5.74) is 0. The van der Waals surface area contributed by atoms with Gasteiger partial charge in [-0.05, 0) is 6.42 Å². The van der Waals surface area contributed by atoms with Crippen molar-refractivity contribution in [1.82, 2.24) is 25.1 Å². The van der Waals surface area contributed by atoms with Crippen molar-refractivity contribution in [2.75, 3.05) is 32.7 Å². The number of aryl methyl sites for hydroxylation is 1. The molecule has 1 aliphatic rings. The molecule has 1 aromatic heterocycles. The smallest absolute Gasteiger partial charge is 0.234 e. The first-order valence-corrected chi connectivity index (χ1v) is 6.91. The van der Waals surface area contributed by atoms with Crippen LogP contribution in [0.1, 0.15) is 25.2 Å². The van der Waals surface area contributed by atoms with Crippen molar-refractivity contribution in [1.29, 1.82) is 0 Å². The fraction of sp³-hybridized carbons (Fsp3) is 0.692. The molecule has 0 radical (unpaired) electrons. The van der Waals surface area contributed by atoms with Crippen LogP contribution < -0.4 is 10.6 Å². The quantitative estimate of drug-likeness (QED) is 0.822. The van der Waals surface area contributed by atoms with Crippen LogP contribution in [-0.2, 0) is 11.8 Å². The summed E-state index contributed by atoms with van der Waals surface area (Å²) in [6.07, 6.45) is 4.72. The predicted molar refractivity (Wildman–Crippen MR) is 80.9 cm³/mol. The summed E-state index contributed by atoms with van der Waals surface area (Å²) in [6.45, 7) is 5.88. The van der Waals surface area contributed by atoms with E-state index >= 15 is 0 Å². The zero-order valence-corrected chi connectivity index (χ0v) is 12.9. The Balaban J connectivity index is 0.00000200. The third kappa shape index (κ3) is 4.19. The molecular weight excluding hydrogens is 278 g/mol. The monoisotopic (exact) mass is 301 g/mol. The molecular formula is C13H24ClN5O. The summed E-state index contributed by atoms with van der Waals surface area (Å²) in [5, 5.41) is 6.30. The highest BCUT2D eigenvalue weighted by Crippen LogP contribution is 2.19. The Labute approximate surface area is 126 Å². The summed E-state index contributed by atoms with van der Waals surface area (Å²) < 4.78 is 2.02. The van der Waals surface area contributed by atoms with E-state index in [-0.39, 0.29) is 24.4 Å². The molecule has 1 amide bonds. The molecule has 0 aliphatic carbocycles. The van der Waals surface area contributed by atoms with Gasteiger partial charge in [-0.2, -0.15) is 0 Å². The lowest BCUT2D eigenvalue weighted by atomic mass is 10.1. The standard InChI is InChI=1S/C13H23N5O.ClH/c1-3-4-15-12(19)10-18-8-5-14-9-11(18)13-16-6-7-17(13)2;/h6-7,11,14H,3-5,8-10H2,1-2H3,(H,15,19);1H. The molecule has 2 N–H and O–H groups in total. The minimum absolute atomic E-state index is 0. The number of amides is 1. The van der Waals surface area contributed by atoms with Crippen molar-refractivity contribution in [3.8, 4) is 0 Å². The Bertz CT molecular complexity index is 423. The summed E-state index contributed by atoms with van der Waals surface area (Å²) in [4.78, 5) is 18.5. The van der Waals surface area contributed by atoms with Gasteiger partial charge in [0.25, 0.3) is 0 Å². The van der Waals surface area contributed by atoms with Gasteiger partial charge in [0, 0.05) is 45.6 Å². The Morgan fingerprint density at radius 3 is 3.05 bits per heavy atom. The SMILES string of the molecule is CCCNC(=O)CN1CCNCC1c1nccn1C.Cl. The van der Waals surface area contributed by atoms with Crippen LogP contribution in [0.15, 0.2) is 12.4 Å². The minimum Gasteiger partial charge on any atom is -0.355 e. The molecule has 20 heavy (non-hydrogen) atoms. The van der Waals surface area contributed by atoms with Crippen molar-refractivity contribution in [2.45, 2.75) is 19.4 Å². The molecule has 0 bridgehead atoms. The highest BCUT2D eigenvalue weighted by Gasteiger charge is 2.27. The zero-order valence-electron chi connectivity index (χ0n) is 12.1. The molecule has 7 heteroatoms. The number of nitrogens with one attached hydrogen (secondary N) is 2. The van der Waals surface area contributed by atoms with Crippen LogP contribution in [0, 0.1) is 0 Å². The lowest BCUT2D eigenvalue weighted by Crippen LogP contribution is -2.50. The summed E-state index contributed by atoms with van der Waals surface area (Å²) in [7, 11) is 1.99. The van der Waals surface area contributed by atoms with Crippen molar-refractivity contribution in [3.63, 3.8) is 0 Å². The number of carbonyl (C=O) groups is 1. The number of hydrogen-bond donors (Lipinski definition) is 2. The van der Waals surface area contributed by atoms with Crippen molar-refractivity contribution in [3.05, 3.63) is 18.2 Å². The first-order valence-electron chi connectivity index (χ1n) is 6.91. The van der Waals surface area contributed by atoms with Crippen molar-refractivity contribution >= 4 is 18.3 Å². The van der Waals surface area contributed by atoms with E-state index in [1.54, 1.807) is 6.20 Å². The maximum absolute atomic E-state index is 11.9. The zero-order chi connectivity index (χ0) is 13.7. The number of piperazine rings is 1. The summed E-state index contributed by atoms with van der Waals surface area (Å²) >= 11 is 0. The van der Waals surface area contributed by atoms with Gasteiger partial charge < -0.3 is 15.2 Å². The van der Waals surface area contributed by atoms with Crippen LogP contribution in [0.5, 0.6) is 0 Å². The van der Waals surface area contributed by atoms with E-state index in [9.17, 15) is 4.79 Å². The Kier molecular flexibility index (Phi) is 6.98. The second kappa shape index (κ2) is 8.24. The third-order valence-corrected chi connectivity index (χ3v) is 3.43. The molecule has 1 fully saturated rings. The average molecular weight is 302 g/mol. The molecule has 6 nitrogen and oxygen atoms in total. The van der Waals surface area contributed by atoms with E-state index in [4.69, 9.17) is 0 Å². The van der Waals surface area contributed by atoms with E-state index < -0.39 is 0 Å². The molecule has 0 spiro atoms. The van der Waals surface area contributed by atoms with Gasteiger partial charge >= 0.3 is 0 Å². The van der Waals surface area contributed by atoms with Crippen molar-refractivity contribution < 1.29 is 4.79 Å². The topological polar surface area (TPSA) is 62.2 Å². The lowest BCUT2D eigenvalue weighted by molar-refractivity contribution is -0.123. The molecule has 1 atom stereocenters. The average Bonchev–Trinajstić information content (AvgIpc) is 2.83. The van der Waals surface area contributed by atoms with Crippen LogP contribution in [0.4, 0.5) is 0 Å². The number of aromatic nitrogens is 2. The number of nitrogens with zero attached hydrogens (tertiary/aromatic N) is 3. The second-order valence-corrected chi connectivity index (χ2v) is 4.94. The maximum Gasteiger partial charge on any atom is 0.234 e. The highest BCUT2D eigenvalue weighted by atomic mass is 35.5. The van der Waals surface area contributed by atoms with Crippen molar-refractivity contribution in [2.24, 2.45) is 7.05 Å². The largest absolute Gasteiger partial charge is 0.355 e. The van der Waals surface area contributed by atoms with Gasteiger partial charge in [-0.25, -0.2) is 4.98 Å². The molecule has 2 heterocycles. The van der Waals surface area contributed by atoms with Crippen LogP contribution in [-0.4, -0.2) is 53.1 Å². The van der Waals surface area contributed by atoms with Gasteiger partial charge in [0.2, 0.25) is 5.91 Å². The maximum atomic E-state index is 11.9. The number of imidazole rings is 1. The van der Waals surface area contributed by atoms with E-state index in [2.05, 4.69) is 27.4 Å². The lowest BCUT2D eigenvalue weighted by Gasteiger charge is -2.35. The molecule has 1 aromatic rings. The van der Waals surface area contributed by atoms with Gasteiger partial charge in [-0.3, -0.25) is 9.69 Å². The molecule has 114 valence electrons. The van der Waals surface area contributed by atoms with Gasteiger partial charge in [-0.15, -0.1) is 12.4 Å². The highest BCUT2D eigenvalue weighted by molar-refractivity contribution is 5.85. The molecule has 2 rings (SSSR count). The van der Waals surface area contributed by atoms with Gasteiger partial charge in [0.1, 0.15) is 5.82 Å². The van der Waals surface area contributed by atoms with E-state index in [1.807, 2.05) is 17.8 Å². The van der Waals surface area contributed by atoms with Crippen LogP contribution in [0.2, 0.25) is 0 Å². The molecule has 0 saturated carbocycles. The van der Waals surface area contributed by atoms with Gasteiger partial charge in [-0.1, -0.05) is 6.92 Å². The van der Waals surface area contributed by atoms with Gasteiger partial charge in [0.05, 0.1) is 12.6 Å². The van der Waals surface area contributed by atoms with E-state index in [0.29, 0.717) is 6.54 Å². The molecule has 1 saturated heterocycles. The molecule has 1 unspecified atom stereocenters. The fourth-order valence-corrected chi connectivity index (χ4v) is 2.39. The second-order valence-electron chi connectivity index (χ2n) is 4.94. The predicted octanol–water partition coefficient (Wildman–Crippen LogP) is 0.314. The van der Waals surface area contributed by atoms with Crippen LogP contribution >= 0.6 is 12.4 Å². The minimum atomic E-state index is 0. The molecule has 0 aromatic carbocycles. The summed E-state index contributed by atoms with van der Waals surface area (Å²) in [6, 6.07) is 0.168. The third-order valence-electron chi connectivity index (χ3n) is 3.43. The normalized spacial score (nSPS) is 19.4. The number of carbonyl (C=O) groups excluding carboxylic acids is 1. The first-order chi connectivity index (χ1) is 9.22. The van der Waals surface area contributed by atoms with E-state index in [0.717, 1.165) is 38.4 Å². The number of halogens is 1. The number of rotatable bonds is 5. The van der Waals surface area contributed by atoms with Crippen LogP contribution in [0.3, 0.4) is 0 Å². The van der Waals surface area contributed by atoms with E-state index in [1.165, 1.54) is 0 Å². The van der Waals surface area contributed by atoms with Gasteiger partial charge in [0.15, 0.2) is 0 Å². The first kappa shape index (κ1) is 16.9. The summed E-state index contributed by atoms with van der Waals surface area (Å²) in [5.74, 6) is 1.11. The van der Waals surface area contributed by atoms with Crippen LogP contribution in [0.25, 0.3) is 0 Å². The number of hydrogen-bond acceptors (Lipinski definition) is 4. The Hall–Kier alpha value is -1.11.